The molecular formula is C8H15N5O. The highest BCUT2D eigenvalue weighted by Crippen LogP contribution is 1.94. The highest BCUT2D eigenvalue weighted by molar-refractivity contribution is 5.75. The predicted molar refractivity (Wildman–Crippen MR) is 51.6 cm³/mol. The lowest BCUT2D eigenvalue weighted by Crippen LogP contribution is -2.32. The van der Waals surface area contributed by atoms with Crippen molar-refractivity contribution in [2.75, 3.05) is 13.1 Å². The molecule has 1 rings (SSSR count). The van der Waals surface area contributed by atoms with Crippen LogP contribution in [0.15, 0.2) is 0 Å². The maximum absolute atomic E-state index is 11.3. The quantitative estimate of drug-likeness (QED) is 0.646. The number of hydrogen-bond donors (Lipinski definition) is 2. The summed E-state index contributed by atoms with van der Waals surface area (Å²) >= 11 is 0. The fourth-order valence-corrected chi connectivity index (χ4v) is 1.11. The van der Waals surface area contributed by atoms with Gasteiger partial charge < -0.3 is 11.1 Å². The number of rotatable bonds is 4. The van der Waals surface area contributed by atoms with Crippen LogP contribution in [0.25, 0.3) is 0 Å². The number of hydrogen-bond acceptors (Lipinski definition) is 4. The van der Waals surface area contributed by atoms with Crippen molar-refractivity contribution in [2.24, 2.45) is 5.73 Å². The van der Waals surface area contributed by atoms with Crippen molar-refractivity contribution in [3.05, 3.63) is 11.6 Å². The largest absolute Gasteiger partial charge is 0.353 e. The van der Waals surface area contributed by atoms with Gasteiger partial charge >= 0.3 is 0 Å². The molecule has 3 N–H and O–H groups in total. The fraction of sp³-hybridized carbons (Fsp3) is 0.625. The van der Waals surface area contributed by atoms with E-state index in [0.717, 1.165) is 5.82 Å². The molecule has 0 fully saturated rings. The third kappa shape index (κ3) is 2.81. The summed E-state index contributed by atoms with van der Waals surface area (Å²) in [4.78, 5) is 15.4. The van der Waals surface area contributed by atoms with Crippen molar-refractivity contribution in [3.8, 4) is 0 Å². The van der Waals surface area contributed by atoms with E-state index in [-0.39, 0.29) is 12.5 Å². The van der Waals surface area contributed by atoms with Crippen LogP contribution in [0.4, 0.5) is 0 Å². The number of carbonyl (C=O) groups is 1. The minimum atomic E-state index is -0.0940. The first-order chi connectivity index (χ1) is 6.63. The number of amides is 1. The molecule has 1 aromatic heterocycles. The average Bonchev–Trinajstić information content (AvgIpc) is 2.42. The van der Waals surface area contributed by atoms with E-state index in [1.54, 1.807) is 11.6 Å². The maximum atomic E-state index is 11.3. The molecule has 0 atom stereocenters. The summed E-state index contributed by atoms with van der Waals surface area (Å²) in [6, 6.07) is 0. The third-order valence-corrected chi connectivity index (χ3v) is 1.72. The first kappa shape index (κ1) is 10.6. The molecule has 1 heterocycles. The Morgan fingerprint density at radius 3 is 2.79 bits per heavy atom. The lowest BCUT2D eigenvalue weighted by molar-refractivity contribution is -0.121. The van der Waals surface area contributed by atoms with E-state index in [2.05, 4.69) is 15.4 Å². The summed E-state index contributed by atoms with van der Waals surface area (Å²) in [6.45, 7) is 4.75. The van der Waals surface area contributed by atoms with E-state index in [9.17, 15) is 4.79 Å². The zero-order valence-corrected chi connectivity index (χ0v) is 8.45. The van der Waals surface area contributed by atoms with Crippen molar-refractivity contribution < 1.29 is 4.79 Å². The second-order valence-electron chi connectivity index (χ2n) is 3.00. The van der Waals surface area contributed by atoms with E-state index < -0.39 is 0 Å². The zero-order valence-electron chi connectivity index (χ0n) is 8.45. The van der Waals surface area contributed by atoms with Gasteiger partial charge in [0, 0.05) is 13.1 Å². The van der Waals surface area contributed by atoms with E-state index in [4.69, 9.17) is 5.73 Å². The van der Waals surface area contributed by atoms with Crippen LogP contribution in [0.5, 0.6) is 0 Å². The standard InChI is InChI=1S/C8H15N5O/c1-6-11-7(2)13(12-6)5-8(14)10-4-3-9/h3-5,9H2,1-2H3,(H,10,14). The molecule has 0 radical (unpaired) electrons. The molecule has 0 aromatic carbocycles. The van der Waals surface area contributed by atoms with Gasteiger partial charge in [-0.25, -0.2) is 9.67 Å². The van der Waals surface area contributed by atoms with Gasteiger partial charge in [0.15, 0.2) is 0 Å². The Hall–Kier alpha value is -1.43. The molecule has 6 heteroatoms. The minimum absolute atomic E-state index is 0.0940. The van der Waals surface area contributed by atoms with Gasteiger partial charge in [0.25, 0.3) is 0 Å². The molecule has 78 valence electrons. The van der Waals surface area contributed by atoms with Gasteiger partial charge in [0.2, 0.25) is 5.91 Å². The number of nitrogens with one attached hydrogen (secondary N) is 1. The van der Waals surface area contributed by atoms with Crippen LogP contribution in [0, 0.1) is 13.8 Å². The summed E-state index contributed by atoms with van der Waals surface area (Å²) in [5.74, 6) is 1.32. The number of carbonyl (C=O) groups excluding carboxylic acids is 1. The highest BCUT2D eigenvalue weighted by Gasteiger charge is 2.06. The Bertz CT molecular complexity index is 320. The van der Waals surface area contributed by atoms with Crippen LogP contribution in [0.1, 0.15) is 11.6 Å². The van der Waals surface area contributed by atoms with Crippen molar-refractivity contribution in [2.45, 2.75) is 20.4 Å². The van der Waals surface area contributed by atoms with E-state index in [1.165, 1.54) is 0 Å². The summed E-state index contributed by atoms with van der Waals surface area (Å²) in [5.41, 5.74) is 5.25. The third-order valence-electron chi connectivity index (χ3n) is 1.72. The number of aryl methyl sites for hydroxylation is 2. The van der Waals surface area contributed by atoms with Gasteiger partial charge in [0.05, 0.1) is 0 Å². The molecular weight excluding hydrogens is 182 g/mol. The van der Waals surface area contributed by atoms with Gasteiger partial charge in [-0.3, -0.25) is 4.79 Å². The molecule has 0 unspecified atom stereocenters. The Labute approximate surface area is 82.5 Å². The fourth-order valence-electron chi connectivity index (χ4n) is 1.11. The van der Waals surface area contributed by atoms with Crippen molar-refractivity contribution in [3.63, 3.8) is 0 Å². The maximum Gasteiger partial charge on any atom is 0.241 e. The van der Waals surface area contributed by atoms with Crippen LogP contribution in [0.3, 0.4) is 0 Å². The SMILES string of the molecule is Cc1nc(C)n(CC(=O)NCCN)n1. The van der Waals surface area contributed by atoms with E-state index in [0.29, 0.717) is 18.9 Å². The van der Waals surface area contributed by atoms with Crippen LogP contribution < -0.4 is 11.1 Å². The molecule has 1 aromatic rings. The van der Waals surface area contributed by atoms with Gasteiger partial charge in [-0.1, -0.05) is 0 Å². The van der Waals surface area contributed by atoms with Gasteiger partial charge in [0.1, 0.15) is 18.2 Å². The lowest BCUT2D eigenvalue weighted by atomic mass is 10.5. The second-order valence-corrected chi connectivity index (χ2v) is 3.00. The van der Waals surface area contributed by atoms with Gasteiger partial charge in [-0.2, -0.15) is 5.10 Å². The van der Waals surface area contributed by atoms with Crippen LogP contribution in [-0.4, -0.2) is 33.8 Å². The minimum Gasteiger partial charge on any atom is -0.353 e. The summed E-state index contributed by atoms with van der Waals surface area (Å²) in [7, 11) is 0. The monoisotopic (exact) mass is 197 g/mol. The van der Waals surface area contributed by atoms with Crippen molar-refractivity contribution in [1.82, 2.24) is 20.1 Å². The molecule has 0 bridgehead atoms. The number of nitrogens with zero attached hydrogens (tertiary/aromatic N) is 3. The van der Waals surface area contributed by atoms with Crippen molar-refractivity contribution in [1.29, 1.82) is 0 Å². The predicted octanol–water partition coefficient (Wildman–Crippen LogP) is -1.03. The Morgan fingerprint density at radius 2 is 2.29 bits per heavy atom. The van der Waals surface area contributed by atoms with E-state index in [1.807, 2.05) is 6.92 Å². The van der Waals surface area contributed by atoms with E-state index >= 15 is 0 Å². The lowest BCUT2D eigenvalue weighted by Gasteiger charge is -2.03. The first-order valence-corrected chi connectivity index (χ1v) is 4.48. The van der Waals surface area contributed by atoms with Crippen LogP contribution >= 0.6 is 0 Å². The molecule has 0 saturated carbocycles. The first-order valence-electron chi connectivity index (χ1n) is 4.48. The highest BCUT2D eigenvalue weighted by atomic mass is 16.2. The van der Waals surface area contributed by atoms with Gasteiger partial charge in [-0.05, 0) is 13.8 Å². The second kappa shape index (κ2) is 4.71. The number of nitrogens with two attached hydrogens (primary N) is 1. The smallest absolute Gasteiger partial charge is 0.241 e. The molecule has 0 saturated heterocycles. The van der Waals surface area contributed by atoms with Gasteiger partial charge in [-0.15, -0.1) is 0 Å². The topological polar surface area (TPSA) is 85.8 Å². The Balaban J connectivity index is 2.51. The van der Waals surface area contributed by atoms with Crippen LogP contribution in [0.2, 0.25) is 0 Å². The molecule has 1 amide bonds. The summed E-state index contributed by atoms with van der Waals surface area (Å²) < 4.78 is 1.57. The normalized spacial score (nSPS) is 10.2. The Kier molecular flexibility index (Phi) is 3.58. The summed E-state index contributed by atoms with van der Waals surface area (Å²) in [6.07, 6.45) is 0. The molecule has 6 nitrogen and oxygen atoms in total. The Morgan fingerprint density at radius 1 is 1.57 bits per heavy atom. The molecule has 0 spiro atoms. The average molecular weight is 197 g/mol. The molecule has 14 heavy (non-hydrogen) atoms. The number of aromatic nitrogens is 3. The zero-order chi connectivity index (χ0) is 10.6. The molecule has 0 aliphatic carbocycles. The van der Waals surface area contributed by atoms with Crippen molar-refractivity contribution >= 4 is 5.91 Å². The molecule has 0 aliphatic heterocycles. The van der Waals surface area contributed by atoms with Crippen LogP contribution in [-0.2, 0) is 11.3 Å². The molecule has 0 aliphatic rings. The summed E-state index contributed by atoms with van der Waals surface area (Å²) in [5, 5.41) is 6.74.